The molecule has 4 nitrogen and oxygen atoms in total. The lowest BCUT2D eigenvalue weighted by Gasteiger charge is -2.27. The minimum atomic E-state index is -0.859. The lowest BCUT2D eigenvalue weighted by Crippen LogP contribution is -2.37. The van der Waals surface area contributed by atoms with Crippen LogP contribution in [0.25, 0.3) is 0 Å². The van der Waals surface area contributed by atoms with Crippen molar-refractivity contribution in [2.24, 2.45) is 0 Å². The molecule has 0 N–H and O–H groups in total. The van der Waals surface area contributed by atoms with Crippen molar-refractivity contribution in [2.45, 2.75) is 19.4 Å². The second-order valence-electron chi connectivity index (χ2n) is 5.64. The van der Waals surface area contributed by atoms with Crippen LogP contribution in [-0.4, -0.2) is 30.4 Å². The molecule has 0 spiro atoms. The van der Waals surface area contributed by atoms with E-state index < -0.39 is 12.0 Å². The highest BCUT2D eigenvalue weighted by Gasteiger charge is 2.29. The smallest absolute Gasteiger partial charge is 0.333 e. The molecule has 0 aromatic heterocycles. The molecule has 1 atom stereocenters. The average Bonchev–Trinajstić information content (AvgIpc) is 2.60. The van der Waals surface area contributed by atoms with Gasteiger partial charge in [-0.2, -0.15) is 0 Å². The van der Waals surface area contributed by atoms with E-state index in [-0.39, 0.29) is 18.9 Å². The predicted molar refractivity (Wildman–Crippen MR) is 104 cm³/mol. The monoisotopic (exact) mass is 413 g/mol. The average molecular weight is 415 g/mol. The Morgan fingerprint density at radius 3 is 2.27 bits per heavy atom. The SMILES string of the molecule is CCOC(=O)C(c1ccc(Cl)cc1)N(C)C(=O)Cc1ccc(Cl)c(Cl)c1. The summed E-state index contributed by atoms with van der Waals surface area (Å²) in [5, 5.41) is 1.34. The molecule has 0 aliphatic rings. The first kappa shape index (κ1) is 20.6. The Bertz CT molecular complexity index is 793. The molecule has 2 aromatic carbocycles. The zero-order chi connectivity index (χ0) is 19.3. The highest BCUT2D eigenvalue weighted by Crippen LogP contribution is 2.26. The first-order chi connectivity index (χ1) is 12.3. The number of ether oxygens (including phenoxy) is 1. The fourth-order valence-corrected chi connectivity index (χ4v) is 2.92. The molecule has 2 rings (SSSR count). The molecule has 0 aliphatic heterocycles. The van der Waals surface area contributed by atoms with Crippen LogP contribution in [0.2, 0.25) is 15.1 Å². The number of hydrogen-bond acceptors (Lipinski definition) is 3. The Morgan fingerprint density at radius 2 is 1.69 bits per heavy atom. The fraction of sp³-hybridized carbons (Fsp3) is 0.263. The summed E-state index contributed by atoms with van der Waals surface area (Å²) in [4.78, 5) is 26.5. The second kappa shape index (κ2) is 9.26. The van der Waals surface area contributed by atoms with Crippen LogP contribution in [0.4, 0.5) is 0 Å². The van der Waals surface area contributed by atoms with Crippen molar-refractivity contribution in [1.82, 2.24) is 4.90 Å². The minimum Gasteiger partial charge on any atom is -0.464 e. The van der Waals surface area contributed by atoms with Crippen molar-refractivity contribution in [3.8, 4) is 0 Å². The van der Waals surface area contributed by atoms with Crippen LogP contribution in [-0.2, 0) is 20.7 Å². The highest BCUT2D eigenvalue weighted by atomic mass is 35.5. The molecule has 0 bridgehead atoms. The van der Waals surface area contributed by atoms with E-state index in [1.165, 1.54) is 4.90 Å². The molecule has 0 saturated heterocycles. The van der Waals surface area contributed by atoms with Crippen molar-refractivity contribution in [2.75, 3.05) is 13.7 Å². The van der Waals surface area contributed by atoms with Gasteiger partial charge in [-0.25, -0.2) is 4.79 Å². The number of halogens is 3. The van der Waals surface area contributed by atoms with E-state index >= 15 is 0 Å². The zero-order valence-electron chi connectivity index (χ0n) is 14.3. The Labute approximate surface area is 167 Å². The topological polar surface area (TPSA) is 46.6 Å². The fourth-order valence-electron chi connectivity index (χ4n) is 2.48. The molecule has 26 heavy (non-hydrogen) atoms. The Kier molecular flexibility index (Phi) is 7.33. The number of rotatable bonds is 6. The van der Waals surface area contributed by atoms with Gasteiger partial charge in [-0.05, 0) is 42.3 Å². The summed E-state index contributed by atoms with van der Waals surface area (Å²) in [6, 6.07) is 10.9. The van der Waals surface area contributed by atoms with Gasteiger partial charge in [-0.3, -0.25) is 4.79 Å². The number of carbonyl (C=O) groups is 2. The number of esters is 1. The first-order valence-corrected chi connectivity index (χ1v) is 9.08. The third-order valence-corrected chi connectivity index (χ3v) is 4.81. The van der Waals surface area contributed by atoms with Gasteiger partial charge in [0.1, 0.15) is 0 Å². The van der Waals surface area contributed by atoms with Gasteiger partial charge in [-0.1, -0.05) is 53.0 Å². The first-order valence-electron chi connectivity index (χ1n) is 7.95. The lowest BCUT2D eigenvalue weighted by molar-refractivity contribution is -0.154. The maximum atomic E-state index is 12.7. The molecule has 2 aromatic rings. The third kappa shape index (κ3) is 5.13. The summed E-state index contributed by atoms with van der Waals surface area (Å²) < 4.78 is 5.14. The molecule has 1 amide bonds. The highest BCUT2D eigenvalue weighted by molar-refractivity contribution is 6.42. The third-order valence-electron chi connectivity index (χ3n) is 3.82. The molecule has 0 aliphatic carbocycles. The van der Waals surface area contributed by atoms with E-state index in [4.69, 9.17) is 39.5 Å². The van der Waals surface area contributed by atoms with Gasteiger partial charge in [0.15, 0.2) is 6.04 Å². The number of benzene rings is 2. The molecular weight excluding hydrogens is 397 g/mol. The maximum absolute atomic E-state index is 12.7. The quantitative estimate of drug-likeness (QED) is 0.628. The summed E-state index contributed by atoms with van der Waals surface area (Å²) in [7, 11) is 1.57. The molecule has 138 valence electrons. The van der Waals surface area contributed by atoms with Gasteiger partial charge in [0, 0.05) is 12.1 Å². The molecular formula is C19H18Cl3NO3. The molecule has 0 heterocycles. The molecule has 7 heteroatoms. The van der Waals surface area contributed by atoms with Gasteiger partial charge < -0.3 is 9.64 Å². The molecule has 1 unspecified atom stereocenters. The van der Waals surface area contributed by atoms with Crippen LogP contribution in [0, 0.1) is 0 Å². The van der Waals surface area contributed by atoms with Gasteiger partial charge in [0.25, 0.3) is 0 Å². The zero-order valence-corrected chi connectivity index (χ0v) is 16.6. The maximum Gasteiger partial charge on any atom is 0.333 e. The standard InChI is InChI=1S/C19H18Cl3NO3/c1-3-26-19(25)18(13-5-7-14(20)8-6-13)23(2)17(24)11-12-4-9-15(21)16(22)10-12/h4-10,18H,3,11H2,1-2H3. The van der Waals surface area contributed by atoms with E-state index in [9.17, 15) is 9.59 Å². The van der Waals surface area contributed by atoms with Crippen LogP contribution in [0.5, 0.6) is 0 Å². The summed E-state index contributed by atoms with van der Waals surface area (Å²) in [5.74, 6) is -0.754. The normalized spacial score (nSPS) is 11.7. The van der Waals surface area contributed by atoms with Gasteiger partial charge in [0.05, 0.1) is 23.1 Å². The summed E-state index contributed by atoms with van der Waals surface area (Å²) in [6.45, 7) is 1.94. The van der Waals surface area contributed by atoms with Crippen molar-refractivity contribution in [3.63, 3.8) is 0 Å². The largest absolute Gasteiger partial charge is 0.464 e. The molecule has 0 radical (unpaired) electrons. The number of carbonyl (C=O) groups excluding carboxylic acids is 2. The molecule has 0 saturated carbocycles. The Balaban J connectivity index is 2.25. The van der Waals surface area contributed by atoms with Gasteiger partial charge >= 0.3 is 5.97 Å². The number of hydrogen-bond donors (Lipinski definition) is 0. The van der Waals surface area contributed by atoms with Crippen molar-refractivity contribution in [1.29, 1.82) is 0 Å². The van der Waals surface area contributed by atoms with E-state index in [1.54, 1.807) is 56.4 Å². The summed E-state index contributed by atoms with van der Waals surface area (Å²) >= 11 is 17.8. The lowest BCUT2D eigenvalue weighted by atomic mass is 10.0. The van der Waals surface area contributed by atoms with E-state index in [0.717, 1.165) is 0 Å². The van der Waals surface area contributed by atoms with Gasteiger partial charge in [-0.15, -0.1) is 0 Å². The van der Waals surface area contributed by atoms with Gasteiger partial charge in [0.2, 0.25) is 5.91 Å². The van der Waals surface area contributed by atoms with Crippen LogP contribution >= 0.6 is 34.8 Å². The summed E-state index contributed by atoms with van der Waals surface area (Å²) in [6.07, 6.45) is 0.0802. The number of amides is 1. The number of likely N-dealkylation sites (N-methyl/N-ethyl adjacent to an activating group) is 1. The van der Waals surface area contributed by atoms with Crippen molar-refractivity contribution < 1.29 is 14.3 Å². The molecule has 0 fully saturated rings. The second-order valence-corrected chi connectivity index (χ2v) is 6.89. The Morgan fingerprint density at radius 1 is 1.04 bits per heavy atom. The predicted octanol–water partition coefficient (Wildman–Crippen LogP) is 4.95. The summed E-state index contributed by atoms with van der Waals surface area (Å²) in [5.41, 5.74) is 1.33. The van der Waals surface area contributed by atoms with Crippen LogP contribution in [0.15, 0.2) is 42.5 Å². The van der Waals surface area contributed by atoms with E-state index in [0.29, 0.717) is 26.2 Å². The van der Waals surface area contributed by atoms with Crippen molar-refractivity contribution in [3.05, 3.63) is 68.7 Å². The van der Waals surface area contributed by atoms with Crippen LogP contribution in [0.3, 0.4) is 0 Å². The Hall–Kier alpha value is -1.75. The van der Waals surface area contributed by atoms with Crippen LogP contribution in [0.1, 0.15) is 24.1 Å². The minimum absolute atomic E-state index is 0.0802. The number of nitrogens with zero attached hydrogens (tertiary/aromatic N) is 1. The van der Waals surface area contributed by atoms with E-state index in [1.807, 2.05) is 0 Å². The van der Waals surface area contributed by atoms with Crippen molar-refractivity contribution >= 4 is 46.7 Å². The van der Waals surface area contributed by atoms with Crippen LogP contribution < -0.4 is 0 Å². The van der Waals surface area contributed by atoms with E-state index in [2.05, 4.69) is 0 Å².